The van der Waals surface area contributed by atoms with Crippen LogP contribution in [0.2, 0.25) is 10.0 Å². The highest BCUT2D eigenvalue weighted by Gasteiger charge is 2.09. The monoisotopic (exact) mass is 278 g/mol. The van der Waals surface area contributed by atoms with Crippen LogP contribution in [0.3, 0.4) is 0 Å². The molecule has 0 spiro atoms. The lowest BCUT2D eigenvalue weighted by Crippen LogP contribution is -2.32. The number of benzene rings is 1. The molecule has 1 amide bonds. The fourth-order valence-corrected chi connectivity index (χ4v) is 1.62. The van der Waals surface area contributed by atoms with Gasteiger partial charge in [0.15, 0.2) is 5.82 Å². The van der Waals surface area contributed by atoms with E-state index >= 15 is 0 Å². The number of hydrogen-bond donors (Lipinski definition) is 2. The number of halogens is 3. The van der Waals surface area contributed by atoms with Crippen LogP contribution in [0.4, 0.5) is 10.1 Å². The minimum Gasteiger partial charge on any atom is -0.325 e. The second-order valence-corrected chi connectivity index (χ2v) is 4.65. The summed E-state index contributed by atoms with van der Waals surface area (Å²) in [7, 11) is 0. The van der Waals surface area contributed by atoms with Gasteiger partial charge in [0.05, 0.1) is 16.6 Å². The van der Waals surface area contributed by atoms with Crippen molar-refractivity contribution in [3.8, 4) is 0 Å². The van der Waals surface area contributed by atoms with Gasteiger partial charge in [-0.3, -0.25) is 4.79 Å². The Kier molecular flexibility index (Phi) is 5.18. The molecule has 0 radical (unpaired) electrons. The molecule has 0 aromatic heterocycles. The number of amides is 1. The van der Waals surface area contributed by atoms with Crippen molar-refractivity contribution < 1.29 is 9.18 Å². The minimum absolute atomic E-state index is 0.121. The Morgan fingerprint density at radius 2 is 1.88 bits per heavy atom. The third kappa shape index (κ3) is 4.50. The Labute approximate surface area is 109 Å². The Bertz CT molecular complexity index is 401. The number of rotatable bonds is 4. The lowest BCUT2D eigenvalue weighted by Gasteiger charge is -2.09. The minimum atomic E-state index is -0.688. The molecule has 0 heterocycles. The van der Waals surface area contributed by atoms with Gasteiger partial charge in [-0.05, 0) is 12.1 Å². The van der Waals surface area contributed by atoms with Crippen molar-refractivity contribution >= 4 is 34.8 Å². The summed E-state index contributed by atoms with van der Waals surface area (Å²) in [5.41, 5.74) is 0.372. The van der Waals surface area contributed by atoms with Gasteiger partial charge in [0.2, 0.25) is 5.91 Å². The number of nitrogens with one attached hydrogen (secondary N) is 2. The average molecular weight is 279 g/mol. The van der Waals surface area contributed by atoms with E-state index in [0.717, 1.165) is 0 Å². The summed E-state index contributed by atoms with van der Waals surface area (Å²) >= 11 is 11.2. The standard InChI is InChI=1S/C11H13Cl2FN2O/c1-6(2)15-5-10(17)16-7-3-8(12)11(14)9(13)4-7/h3-4,6,15H,5H2,1-2H3,(H,16,17). The summed E-state index contributed by atoms with van der Waals surface area (Å²) in [6.07, 6.45) is 0. The first-order valence-corrected chi connectivity index (χ1v) is 5.83. The van der Waals surface area contributed by atoms with Crippen LogP contribution in [0.5, 0.6) is 0 Å². The second-order valence-electron chi connectivity index (χ2n) is 3.84. The Hall–Kier alpha value is -0.840. The summed E-state index contributed by atoms with van der Waals surface area (Å²) < 4.78 is 13.1. The van der Waals surface area contributed by atoms with Gasteiger partial charge < -0.3 is 10.6 Å². The van der Waals surface area contributed by atoms with Crippen LogP contribution >= 0.6 is 23.2 Å². The van der Waals surface area contributed by atoms with Crippen molar-refractivity contribution in [1.82, 2.24) is 5.32 Å². The smallest absolute Gasteiger partial charge is 0.238 e. The molecule has 0 atom stereocenters. The zero-order valence-corrected chi connectivity index (χ0v) is 11.0. The molecule has 6 heteroatoms. The molecule has 1 aromatic carbocycles. The van der Waals surface area contributed by atoms with Crippen LogP contribution in [0.15, 0.2) is 12.1 Å². The zero-order chi connectivity index (χ0) is 13.0. The molecule has 94 valence electrons. The molecule has 0 fully saturated rings. The average Bonchev–Trinajstić information content (AvgIpc) is 2.23. The first-order valence-electron chi connectivity index (χ1n) is 5.08. The van der Waals surface area contributed by atoms with E-state index in [2.05, 4.69) is 10.6 Å². The number of hydrogen-bond acceptors (Lipinski definition) is 2. The van der Waals surface area contributed by atoms with E-state index in [1.165, 1.54) is 12.1 Å². The third-order valence-electron chi connectivity index (χ3n) is 1.94. The topological polar surface area (TPSA) is 41.1 Å². The highest BCUT2D eigenvalue weighted by molar-refractivity contribution is 6.35. The molecule has 0 unspecified atom stereocenters. The van der Waals surface area contributed by atoms with Crippen LogP contribution in [-0.4, -0.2) is 18.5 Å². The summed E-state index contributed by atoms with van der Waals surface area (Å²) in [6.45, 7) is 4.03. The van der Waals surface area contributed by atoms with Crippen LogP contribution in [-0.2, 0) is 4.79 Å². The number of anilines is 1. The Balaban J connectivity index is 2.66. The van der Waals surface area contributed by atoms with Gasteiger partial charge in [0.1, 0.15) is 0 Å². The molecule has 0 aliphatic heterocycles. The van der Waals surface area contributed by atoms with Gasteiger partial charge in [-0.1, -0.05) is 37.0 Å². The van der Waals surface area contributed by atoms with Crippen molar-refractivity contribution in [2.45, 2.75) is 19.9 Å². The maximum atomic E-state index is 13.1. The summed E-state index contributed by atoms with van der Waals surface area (Å²) in [5, 5.41) is 5.28. The van der Waals surface area contributed by atoms with Gasteiger partial charge in [-0.15, -0.1) is 0 Å². The van der Waals surface area contributed by atoms with Crippen molar-refractivity contribution in [2.24, 2.45) is 0 Å². The fourth-order valence-electron chi connectivity index (χ4n) is 1.13. The van der Waals surface area contributed by atoms with Gasteiger partial charge in [-0.2, -0.15) is 0 Å². The maximum absolute atomic E-state index is 13.1. The predicted molar refractivity (Wildman–Crippen MR) is 68.2 cm³/mol. The molecule has 0 saturated carbocycles. The summed E-state index contributed by atoms with van der Waals surface area (Å²) in [4.78, 5) is 11.5. The van der Waals surface area contributed by atoms with Crippen LogP contribution < -0.4 is 10.6 Å². The molecule has 0 bridgehead atoms. The highest BCUT2D eigenvalue weighted by Crippen LogP contribution is 2.27. The van der Waals surface area contributed by atoms with E-state index in [-0.39, 0.29) is 28.5 Å². The maximum Gasteiger partial charge on any atom is 0.238 e. The van der Waals surface area contributed by atoms with Crippen LogP contribution in [0.25, 0.3) is 0 Å². The van der Waals surface area contributed by atoms with Gasteiger partial charge >= 0.3 is 0 Å². The summed E-state index contributed by atoms with van der Waals surface area (Å²) in [5.74, 6) is -0.927. The van der Waals surface area contributed by atoms with E-state index < -0.39 is 5.82 Å². The van der Waals surface area contributed by atoms with E-state index in [9.17, 15) is 9.18 Å². The van der Waals surface area contributed by atoms with E-state index in [1.807, 2.05) is 13.8 Å². The molecule has 2 N–H and O–H groups in total. The molecular weight excluding hydrogens is 266 g/mol. The second kappa shape index (κ2) is 6.19. The normalized spacial score (nSPS) is 10.7. The number of carbonyl (C=O) groups is 1. The first kappa shape index (κ1) is 14.2. The summed E-state index contributed by atoms with van der Waals surface area (Å²) in [6, 6.07) is 2.84. The molecule has 0 aliphatic rings. The van der Waals surface area contributed by atoms with Gasteiger partial charge in [0, 0.05) is 11.7 Å². The SMILES string of the molecule is CC(C)NCC(=O)Nc1cc(Cl)c(F)c(Cl)c1. The van der Waals surface area contributed by atoms with E-state index in [4.69, 9.17) is 23.2 Å². The number of carbonyl (C=O) groups excluding carboxylic acids is 1. The van der Waals surface area contributed by atoms with Gasteiger partial charge in [-0.25, -0.2) is 4.39 Å². The van der Waals surface area contributed by atoms with Crippen LogP contribution in [0.1, 0.15) is 13.8 Å². The van der Waals surface area contributed by atoms with Crippen LogP contribution in [0, 0.1) is 5.82 Å². The Morgan fingerprint density at radius 1 is 1.35 bits per heavy atom. The van der Waals surface area contributed by atoms with E-state index in [1.54, 1.807) is 0 Å². The molecule has 3 nitrogen and oxygen atoms in total. The lowest BCUT2D eigenvalue weighted by molar-refractivity contribution is -0.115. The first-order chi connectivity index (χ1) is 7.90. The largest absolute Gasteiger partial charge is 0.325 e. The van der Waals surface area contributed by atoms with Crippen molar-refractivity contribution in [3.05, 3.63) is 28.0 Å². The molecule has 17 heavy (non-hydrogen) atoms. The highest BCUT2D eigenvalue weighted by atomic mass is 35.5. The van der Waals surface area contributed by atoms with Crippen molar-refractivity contribution in [3.63, 3.8) is 0 Å². The quantitative estimate of drug-likeness (QED) is 0.832. The van der Waals surface area contributed by atoms with Crippen molar-refractivity contribution in [2.75, 3.05) is 11.9 Å². The molecule has 1 rings (SSSR count). The third-order valence-corrected chi connectivity index (χ3v) is 2.49. The predicted octanol–water partition coefficient (Wildman–Crippen LogP) is 3.07. The molecule has 0 saturated heterocycles. The van der Waals surface area contributed by atoms with Crippen molar-refractivity contribution in [1.29, 1.82) is 0 Å². The zero-order valence-electron chi connectivity index (χ0n) is 9.48. The fraction of sp³-hybridized carbons (Fsp3) is 0.364. The van der Waals surface area contributed by atoms with Gasteiger partial charge in [0.25, 0.3) is 0 Å². The Morgan fingerprint density at radius 3 is 2.35 bits per heavy atom. The van der Waals surface area contributed by atoms with E-state index in [0.29, 0.717) is 5.69 Å². The lowest BCUT2D eigenvalue weighted by atomic mass is 10.3. The molecule has 1 aromatic rings. The molecule has 0 aliphatic carbocycles. The molecular formula is C11H13Cl2FN2O.